The second-order valence-electron chi connectivity index (χ2n) is 3.84. The zero-order valence-electron chi connectivity index (χ0n) is 9.65. The monoisotopic (exact) mass is 299 g/mol. The number of carbonyl (C=O) groups is 1. The average Bonchev–Trinajstić information content (AvgIpc) is 2.25. The molecule has 1 atom stereocenters. The number of carboxylic acid groups (broad SMARTS) is 1. The maximum atomic E-state index is 12.0. The van der Waals surface area contributed by atoms with Crippen molar-refractivity contribution in [1.82, 2.24) is 0 Å². The van der Waals surface area contributed by atoms with Gasteiger partial charge in [0.25, 0.3) is 0 Å². The number of aromatic carboxylic acids is 1. The molecule has 0 spiro atoms. The van der Waals surface area contributed by atoms with Crippen LogP contribution in [0.25, 0.3) is 0 Å². The van der Waals surface area contributed by atoms with E-state index >= 15 is 0 Å². The molecule has 1 aromatic rings. The van der Waals surface area contributed by atoms with E-state index in [0.29, 0.717) is 0 Å². The number of hydrogen-bond acceptors (Lipinski definition) is 3. The Labute approximate surface area is 113 Å². The Balaban J connectivity index is 0.00000324. The van der Waals surface area contributed by atoms with Crippen LogP contribution in [0.2, 0.25) is 0 Å². The lowest BCUT2D eigenvalue weighted by atomic mass is 10.00. The minimum absolute atomic E-state index is 0. The Bertz CT molecular complexity index is 451. The lowest BCUT2D eigenvalue weighted by Gasteiger charge is -2.14. The molecule has 0 saturated carbocycles. The van der Waals surface area contributed by atoms with Crippen molar-refractivity contribution in [2.24, 2.45) is 5.73 Å². The minimum Gasteiger partial charge on any atom is -0.507 e. The quantitative estimate of drug-likeness (QED) is 0.798. The lowest BCUT2D eigenvalue weighted by Crippen LogP contribution is -2.16. The highest BCUT2D eigenvalue weighted by atomic mass is 35.5. The van der Waals surface area contributed by atoms with Crippen LogP contribution in [0.1, 0.15) is 34.8 Å². The van der Waals surface area contributed by atoms with Crippen LogP contribution in [-0.4, -0.2) is 22.4 Å². The van der Waals surface area contributed by atoms with Crippen LogP contribution in [0.4, 0.5) is 13.2 Å². The van der Waals surface area contributed by atoms with Crippen molar-refractivity contribution in [3.8, 4) is 5.75 Å². The first kappa shape index (κ1) is 17.5. The van der Waals surface area contributed by atoms with E-state index in [2.05, 4.69) is 0 Å². The molecule has 0 amide bonds. The van der Waals surface area contributed by atoms with E-state index in [-0.39, 0.29) is 30.0 Å². The molecule has 4 nitrogen and oxygen atoms in total. The van der Waals surface area contributed by atoms with E-state index in [4.69, 9.17) is 10.8 Å². The molecule has 0 saturated heterocycles. The molecule has 0 radical (unpaired) electrons. The molecule has 4 N–H and O–H groups in total. The van der Waals surface area contributed by atoms with Crippen molar-refractivity contribution in [1.29, 1.82) is 0 Å². The van der Waals surface area contributed by atoms with Crippen LogP contribution in [0.3, 0.4) is 0 Å². The van der Waals surface area contributed by atoms with Crippen LogP contribution < -0.4 is 5.73 Å². The number of alkyl halides is 3. The number of halogens is 4. The highest BCUT2D eigenvalue weighted by molar-refractivity contribution is 5.90. The normalized spacial score (nSPS) is 12.6. The third-order valence-corrected chi connectivity index (χ3v) is 2.42. The van der Waals surface area contributed by atoms with Gasteiger partial charge in [0.2, 0.25) is 0 Å². The summed E-state index contributed by atoms with van der Waals surface area (Å²) in [5.74, 6) is -1.81. The van der Waals surface area contributed by atoms with E-state index in [1.54, 1.807) is 0 Å². The van der Waals surface area contributed by atoms with Gasteiger partial charge in [0.05, 0.1) is 0 Å². The fourth-order valence-electron chi connectivity index (χ4n) is 1.44. The second kappa shape index (κ2) is 6.63. The number of nitrogens with two attached hydrogens (primary N) is 1. The van der Waals surface area contributed by atoms with Gasteiger partial charge in [-0.25, -0.2) is 4.79 Å². The van der Waals surface area contributed by atoms with Crippen molar-refractivity contribution in [3.63, 3.8) is 0 Å². The maximum absolute atomic E-state index is 12.0. The summed E-state index contributed by atoms with van der Waals surface area (Å²) in [6, 6.07) is 2.57. The first-order valence-corrected chi connectivity index (χ1v) is 5.09. The summed E-state index contributed by atoms with van der Waals surface area (Å²) < 4.78 is 36.0. The number of phenols is 1. The van der Waals surface area contributed by atoms with E-state index in [1.807, 2.05) is 0 Å². The second-order valence-corrected chi connectivity index (χ2v) is 3.84. The maximum Gasteiger partial charge on any atom is 0.389 e. The van der Waals surface area contributed by atoms with Crippen LogP contribution >= 0.6 is 12.4 Å². The van der Waals surface area contributed by atoms with E-state index < -0.39 is 30.4 Å². The first-order chi connectivity index (χ1) is 8.20. The molecule has 0 bridgehead atoms. The number of rotatable bonds is 4. The van der Waals surface area contributed by atoms with E-state index in [1.165, 1.54) is 6.07 Å². The Hall–Kier alpha value is -1.47. The molecule has 0 aromatic heterocycles. The predicted molar refractivity (Wildman–Crippen MR) is 64.5 cm³/mol. The molecular weight excluding hydrogens is 287 g/mol. The summed E-state index contributed by atoms with van der Waals surface area (Å²) in [6.45, 7) is 0. The largest absolute Gasteiger partial charge is 0.507 e. The van der Waals surface area contributed by atoms with Gasteiger partial charge in [-0.2, -0.15) is 13.2 Å². The summed E-state index contributed by atoms with van der Waals surface area (Å²) >= 11 is 0. The minimum atomic E-state index is -4.30. The highest BCUT2D eigenvalue weighted by Crippen LogP contribution is 2.28. The molecule has 0 heterocycles. The van der Waals surface area contributed by atoms with Crippen molar-refractivity contribution in [2.45, 2.75) is 25.1 Å². The number of hydrogen-bond donors (Lipinski definition) is 3. The van der Waals surface area contributed by atoms with E-state index in [9.17, 15) is 23.1 Å². The average molecular weight is 300 g/mol. The van der Waals surface area contributed by atoms with Crippen molar-refractivity contribution < 1.29 is 28.2 Å². The van der Waals surface area contributed by atoms with Gasteiger partial charge < -0.3 is 15.9 Å². The zero-order valence-corrected chi connectivity index (χ0v) is 10.5. The van der Waals surface area contributed by atoms with Gasteiger partial charge in [-0.15, -0.1) is 12.4 Å². The molecule has 108 valence electrons. The number of benzene rings is 1. The fourth-order valence-corrected chi connectivity index (χ4v) is 1.44. The summed E-state index contributed by atoms with van der Waals surface area (Å²) in [4.78, 5) is 10.7. The smallest absolute Gasteiger partial charge is 0.389 e. The van der Waals surface area contributed by atoms with Gasteiger partial charge >= 0.3 is 12.1 Å². The fraction of sp³-hybridized carbons (Fsp3) is 0.364. The van der Waals surface area contributed by atoms with Gasteiger partial charge in [0.1, 0.15) is 11.3 Å². The molecule has 1 aromatic carbocycles. The third-order valence-electron chi connectivity index (χ3n) is 2.42. The third kappa shape index (κ3) is 5.35. The van der Waals surface area contributed by atoms with Crippen LogP contribution in [0.15, 0.2) is 18.2 Å². The Morgan fingerprint density at radius 3 is 2.42 bits per heavy atom. The standard InChI is InChI=1S/C11H12F3NO3.ClH/c12-11(13,14)4-3-8(15)6-1-2-9(16)7(5-6)10(17)18;/h1-2,5,8,16H,3-4,15H2,(H,17,18);1H/t8-;/m1./s1. The molecule has 0 aliphatic heterocycles. The first-order valence-electron chi connectivity index (χ1n) is 5.09. The summed E-state index contributed by atoms with van der Waals surface area (Å²) in [7, 11) is 0. The van der Waals surface area contributed by atoms with Gasteiger partial charge in [-0.05, 0) is 24.1 Å². The molecule has 8 heteroatoms. The summed E-state index contributed by atoms with van der Waals surface area (Å²) in [5, 5.41) is 18.0. The SMILES string of the molecule is Cl.N[C@H](CCC(F)(F)F)c1ccc(O)c(C(=O)O)c1. The summed E-state index contributed by atoms with van der Waals surface area (Å²) in [6.07, 6.45) is -5.69. The van der Waals surface area contributed by atoms with Gasteiger partial charge in [0.15, 0.2) is 0 Å². The Morgan fingerprint density at radius 2 is 1.95 bits per heavy atom. The molecule has 0 aliphatic carbocycles. The van der Waals surface area contributed by atoms with Crippen molar-refractivity contribution in [2.75, 3.05) is 0 Å². The lowest BCUT2D eigenvalue weighted by molar-refractivity contribution is -0.136. The molecule has 19 heavy (non-hydrogen) atoms. The van der Waals surface area contributed by atoms with Crippen LogP contribution in [0.5, 0.6) is 5.75 Å². The topological polar surface area (TPSA) is 83.5 Å². The molecule has 0 fully saturated rings. The van der Waals surface area contributed by atoms with Crippen molar-refractivity contribution >= 4 is 18.4 Å². The zero-order chi connectivity index (χ0) is 13.9. The number of carboxylic acids is 1. The van der Waals surface area contributed by atoms with E-state index in [0.717, 1.165) is 12.1 Å². The van der Waals surface area contributed by atoms with Crippen LogP contribution in [-0.2, 0) is 0 Å². The molecule has 0 aliphatic rings. The molecule has 0 unspecified atom stereocenters. The van der Waals surface area contributed by atoms with Gasteiger partial charge in [0, 0.05) is 12.5 Å². The predicted octanol–water partition coefficient (Wildman–Crippen LogP) is 2.85. The molecular formula is C11H13ClF3NO3. The number of aromatic hydroxyl groups is 1. The van der Waals surface area contributed by atoms with Gasteiger partial charge in [-0.1, -0.05) is 6.07 Å². The Kier molecular flexibility index (Phi) is 6.11. The van der Waals surface area contributed by atoms with Crippen LogP contribution in [0, 0.1) is 0 Å². The molecule has 1 rings (SSSR count). The van der Waals surface area contributed by atoms with Gasteiger partial charge in [-0.3, -0.25) is 0 Å². The van der Waals surface area contributed by atoms with Crippen molar-refractivity contribution in [3.05, 3.63) is 29.3 Å². The highest BCUT2D eigenvalue weighted by Gasteiger charge is 2.28. The Morgan fingerprint density at radius 1 is 1.37 bits per heavy atom. The summed E-state index contributed by atoms with van der Waals surface area (Å²) in [5.41, 5.74) is 5.41.